The van der Waals surface area contributed by atoms with E-state index in [2.05, 4.69) is 25.6 Å². The van der Waals surface area contributed by atoms with E-state index in [0.29, 0.717) is 23.9 Å². The lowest BCUT2D eigenvalue weighted by Crippen LogP contribution is -2.28. The molecule has 2 amide bonds. The molecular weight excluding hydrogens is 454 g/mol. The second kappa shape index (κ2) is 9.61. The van der Waals surface area contributed by atoms with Crippen LogP contribution in [-0.2, 0) is 9.59 Å². The van der Waals surface area contributed by atoms with E-state index in [9.17, 15) is 9.59 Å². The van der Waals surface area contributed by atoms with E-state index < -0.39 is 5.92 Å². The first-order valence-electron chi connectivity index (χ1n) is 11.8. The molecule has 4 aromatic rings. The maximum Gasteiger partial charge on any atom is 0.229 e. The Morgan fingerprint density at radius 1 is 0.944 bits per heavy atom. The first-order chi connectivity index (χ1) is 17.4. The van der Waals surface area contributed by atoms with Crippen LogP contribution in [0, 0.1) is 26.7 Å². The Labute approximate surface area is 209 Å². The minimum Gasteiger partial charge on any atom is -0.340 e. The first kappa shape index (κ1) is 23.2. The van der Waals surface area contributed by atoms with Gasteiger partial charge in [0, 0.05) is 48.5 Å². The SMILES string of the molecule is Cc1ccc(N2C[C@@H](C(=O)Nc3ccc(Nc4cc(-n5ccnc5C)ncn4)cc3)CC2=O)cc1C. The summed E-state index contributed by atoms with van der Waals surface area (Å²) in [6.45, 7) is 6.34. The van der Waals surface area contributed by atoms with Gasteiger partial charge in [0.1, 0.15) is 23.8 Å². The van der Waals surface area contributed by atoms with Crippen molar-refractivity contribution in [2.24, 2.45) is 5.92 Å². The molecule has 3 heterocycles. The number of carbonyl (C=O) groups excluding carboxylic acids is 2. The maximum absolute atomic E-state index is 12.9. The van der Waals surface area contributed by atoms with Crippen LogP contribution in [-0.4, -0.2) is 37.9 Å². The molecule has 1 saturated heterocycles. The lowest BCUT2D eigenvalue weighted by molar-refractivity contribution is -0.122. The van der Waals surface area contributed by atoms with Crippen LogP contribution in [0.15, 0.2) is 67.3 Å². The molecule has 0 radical (unpaired) electrons. The molecule has 1 aliphatic rings. The number of benzene rings is 2. The summed E-state index contributed by atoms with van der Waals surface area (Å²) in [6.07, 6.45) is 5.26. The van der Waals surface area contributed by atoms with Crippen molar-refractivity contribution in [1.29, 1.82) is 0 Å². The third-order valence-electron chi connectivity index (χ3n) is 6.45. The zero-order valence-corrected chi connectivity index (χ0v) is 20.4. The summed E-state index contributed by atoms with van der Waals surface area (Å²) < 4.78 is 1.88. The summed E-state index contributed by atoms with van der Waals surface area (Å²) in [7, 11) is 0. The summed E-state index contributed by atoms with van der Waals surface area (Å²) in [5.74, 6) is 1.59. The number of anilines is 4. The molecule has 5 rings (SSSR count). The van der Waals surface area contributed by atoms with Gasteiger partial charge in [0.15, 0.2) is 0 Å². The van der Waals surface area contributed by atoms with Gasteiger partial charge in [-0.05, 0) is 68.3 Å². The molecule has 2 aromatic carbocycles. The second-order valence-corrected chi connectivity index (χ2v) is 8.97. The molecule has 0 saturated carbocycles. The molecule has 0 aliphatic carbocycles. The normalized spacial score (nSPS) is 15.2. The van der Waals surface area contributed by atoms with Crippen molar-refractivity contribution in [3.8, 4) is 5.82 Å². The molecule has 9 heteroatoms. The highest BCUT2D eigenvalue weighted by atomic mass is 16.2. The number of imidazole rings is 1. The Morgan fingerprint density at radius 2 is 1.72 bits per heavy atom. The molecule has 36 heavy (non-hydrogen) atoms. The van der Waals surface area contributed by atoms with Crippen LogP contribution in [0.5, 0.6) is 0 Å². The van der Waals surface area contributed by atoms with Gasteiger partial charge in [0.05, 0.1) is 5.92 Å². The van der Waals surface area contributed by atoms with E-state index in [4.69, 9.17) is 0 Å². The predicted octanol–water partition coefficient (Wildman–Crippen LogP) is 4.32. The molecule has 1 atom stereocenters. The molecule has 0 spiro atoms. The summed E-state index contributed by atoms with van der Waals surface area (Å²) in [5.41, 5.74) is 4.62. The molecular formula is C27H27N7O2. The Hall–Kier alpha value is -4.53. The standard InChI is InChI=1S/C27H27N7O2/c1-17-4-9-23(12-18(17)2)34-15-20(13-26(34)35)27(36)32-22-7-5-21(6-8-22)31-24-14-25(30-16-29-24)33-11-10-28-19(33)3/h4-12,14,16,20H,13,15H2,1-3H3,(H,32,36)(H,29,30,31)/t20-/m0/s1. The summed E-state index contributed by atoms with van der Waals surface area (Å²) in [6, 6.07) is 15.1. The van der Waals surface area contributed by atoms with Crippen molar-refractivity contribution in [3.05, 3.63) is 84.2 Å². The fourth-order valence-corrected chi connectivity index (χ4v) is 4.22. The molecule has 9 nitrogen and oxygen atoms in total. The van der Waals surface area contributed by atoms with E-state index in [0.717, 1.165) is 22.8 Å². The molecule has 0 bridgehead atoms. The molecule has 182 valence electrons. The maximum atomic E-state index is 12.9. The number of nitrogens with one attached hydrogen (secondary N) is 2. The molecule has 2 aromatic heterocycles. The number of hydrogen-bond donors (Lipinski definition) is 2. The van der Waals surface area contributed by atoms with Gasteiger partial charge in [0.2, 0.25) is 11.8 Å². The van der Waals surface area contributed by atoms with Gasteiger partial charge in [-0.15, -0.1) is 0 Å². The number of amides is 2. The smallest absolute Gasteiger partial charge is 0.229 e. The topological polar surface area (TPSA) is 105 Å². The molecule has 2 N–H and O–H groups in total. The minimum absolute atomic E-state index is 0.0342. The van der Waals surface area contributed by atoms with Crippen LogP contribution in [0.3, 0.4) is 0 Å². The van der Waals surface area contributed by atoms with E-state index >= 15 is 0 Å². The Balaban J connectivity index is 1.21. The molecule has 1 aliphatic heterocycles. The Bertz CT molecular complexity index is 1430. The van der Waals surface area contributed by atoms with Gasteiger partial charge >= 0.3 is 0 Å². The van der Waals surface area contributed by atoms with Gasteiger partial charge in [-0.25, -0.2) is 15.0 Å². The van der Waals surface area contributed by atoms with E-state index in [1.807, 2.05) is 80.1 Å². The van der Waals surface area contributed by atoms with Crippen molar-refractivity contribution < 1.29 is 9.59 Å². The molecule has 1 fully saturated rings. The molecule has 0 unspecified atom stereocenters. The highest BCUT2D eigenvalue weighted by Gasteiger charge is 2.35. The van der Waals surface area contributed by atoms with Crippen molar-refractivity contribution in [1.82, 2.24) is 19.5 Å². The largest absolute Gasteiger partial charge is 0.340 e. The van der Waals surface area contributed by atoms with Crippen LogP contribution < -0.4 is 15.5 Å². The Morgan fingerprint density at radius 3 is 2.44 bits per heavy atom. The Kier molecular flexibility index (Phi) is 6.20. The number of carbonyl (C=O) groups is 2. The van der Waals surface area contributed by atoms with Crippen molar-refractivity contribution in [3.63, 3.8) is 0 Å². The minimum atomic E-state index is -0.400. The van der Waals surface area contributed by atoms with Gasteiger partial charge < -0.3 is 15.5 Å². The predicted molar refractivity (Wildman–Crippen MR) is 139 cm³/mol. The van der Waals surface area contributed by atoms with Crippen LogP contribution in [0.25, 0.3) is 5.82 Å². The quantitative estimate of drug-likeness (QED) is 0.425. The lowest BCUT2D eigenvalue weighted by Gasteiger charge is -2.18. The van der Waals surface area contributed by atoms with Gasteiger partial charge in [0.25, 0.3) is 0 Å². The van der Waals surface area contributed by atoms with E-state index in [-0.39, 0.29) is 18.2 Å². The fourth-order valence-electron chi connectivity index (χ4n) is 4.22. The highest BCUT2D eigenvalue weighted by molar-refractivity contribution is 6.03. The third-order valence-corrected chi connectivity index (χ3v) is 6.45. The number of nitrogens with zero attached hydrogens (tertiary/aromatic N) is 5. The summed E-state index contributed by atoms with van der Waals surface area (Å²) in [5, 5.41) is 6.19. The van der Waals surface area contributed by atoms with Crippen molar-refractivity contribution in [2.75, 3.05) is 22.1 Å². The average molecular weight is 482 g/mol. The number of aryl methyl sites for hydroxylation is 3. The van der Waals surface area contributed by atoms with Crippen LogP contribution in [0.2, 0.25) is 0 Å². The highest BCUT2D eigenvalue weighted by Crippen LogP contribution is 2.28. The van der Waals surface area contributed by atoms with Crippen LogP contribution in [0.1, 0.15) is 23.4 Å². The fraction of sp³-hybridized carbons (Fsp3) is 0.222. The van der Waals surface area contributed by atoms with Gasteiger partial charge in [-0.1, -0.05) is 6.07 Å². The second-order valence-electron chi connectivity index (χ2n) is 8.97. The first-order valence-corrected chi connectivity index (χ1v) is 11.8. The third kappa shape index (κ3) is 4.81. The average Bonchev–Trinajstić information content (AvgIpc) is 3.48. The van der Waals surface area contributed by atoms with Crippen LogP contribution >= 0.6 is 0 Å². The van der Waals surface area contributed by atoms with Gasteiger partial charge in [-0.3, -0.25) is 14.2 Å². The van der Waals surface area contributed by atoms with Crippen molar-refractivity contribution >= 4 is 34.7 Å². The number of hydrogen-bond acceptors (Lipinski definition) is 6. The zero-order chi connectivity index (χ0) is 25.2. The summed E-state index contributed by atoms with van der Waals surface area (Å²) in [4.78, 5) is 40.0. The summed E-state index contributed by atoms with van der Waals surface area (Å²) >= 11 is 0. The number of aromatic nitrogens is 4. The van der Waals surface area contributed by atoms with E-state index in [1.54, 1.807) is 11.1 Å². The van der Waals surface area contributed by atoms with E-state index in [1.165, 1.54) is 11.9 Å². The lowest BCUT2D eigenvalue weighted by atomic mass is 10.1. The van der Waals surface area contributed by atoms with Crippen LogP contribution in [0.4, 0.5) is 22.9 Å². The van der Waals surface area contributed by atoms with Crippen molar-refractivity contribution in [2.45, 2.75) is 27.2 Å². The zero-order valence-electron chi connectivity index (χ0n) is 20.4. The number of rotatable bonds is 6. The van der Waals surface area contributed by atoms with Gasteiger partial charge in [-0.2, -0.15) is 0 Å². The monoisotopic (exact) mass is 481 g/mol.